The van der Waals surface area contributed by atoms with Gasteiger partial charge in [-0.3, -0.25) is 9.59 Å². The van der Waals surface area contributed by atoms with Gasteiger partial charge in [0.25, 0.3) is 0 Å². The van der Waals surface area contributed by atoms with E-state index in [1.54, 1.807) is 25.1 Å². The van der Waals surface area contributed by atoms with Gasteiger partial charge in [0.1, 0.15) is 0 Å². The summed E-state index contributed by atoms with van der Waals surface area (Å²) >= 11 is 12.0. The zero-order chi connectivity index (χ0) is 17.7. The van der Waals surface area contributed by atoms with Crippen LogP contribution in [-0.2, 0) is 20.7 Å². The number of carbonyl (C=O) groups excluding carboxylic acids is 1. The average Bonchev–Trinajstić information content (AvgIpc) is 2.55. The standard InChI is InChI=1S/C17H21Cl2NO4/c1-11(8-12-2-3-13(18)9-14(12)19)15(21)20-10-17(16(22)23)4-6-24-7-5-17/h2-3,9,11H,4-8,10H2,1H3,(H,20,21)(H,22,23). The van der Waals surface area contributed by atoms with Gasteiger partial charge >= 0.3 is 5.97 Å². The Bertz CT molecular complexity index is 615. The van der Waals surface area contributed by atoms with E-state index in [-0.39, 0.29) is 18.4 Å². The third-order valence-corrected chi connectivity index (χ3v) is 5.08. The van der Waals surface area contributed by atoms with Gasteiger partial charge in [-0.2, -0.15) is 0 Å². The average molecular weight is 374 g/mol. The molecule has 1 heterocycles. The largest absolute Gasteiger partial charge is 0.481 e. The molecule has 1 amide bonds. The van der Waals surface area contributed by atoms with E-state index in [4.69, 9.17) is 27.9 Å². The Kier molecular flexibility index (Phi) is 6.49. The topological polar surface area (TPSA) is 75.6 Å². The third kappa shape index (κ3) is 4.62. The van der Waals surface area contributed by atoms with Gasteiger partial charge in [-0.15, -0.1) is 0 Å². The Balaban J connectivity index is 1.94. The predicted octanol–water partition coefficient (Wildman–Crippen LogP) is 3.17. The van der Waals surface area contributed by atoms with Crippen molar-refractivity contribution in [2.45, 2.75) is 26.2 Å². The summed E-state index contributed by atoms with van der Waals surface area (Å²) in [7, 11) is 0. The van der Waals surface area contributed by atoms with E-state index in [0.29, 0.717) is 42.5 Å². The molecule has 24 heavy (non-hydrogen) atoms. The predicted molar refractivity (Wildman–Crippen MR) is 92.5 cm³/mol. The normalized spacial score (nSPS) is 18.0. The van der Waals surface area contributed by atoms with Crippen LogP contribution in [0.1, 0.15) is 25.3 Å². The highest BCUT2D eigenvalue weighted by molar-refractivity contribution is 6.35. The lowest BCUT2D eigenvalue weighted by atomic mass is 9.80. The number of aliphatic carboxylic acids is 1. The van der Waals surface area contributed by atoms with Crippen molar-refractivity contribution in [1.29, 1.82) is 0 Å². The summed E-state index contributed by atoms with van der Waals surface area (Å²) in [6.07, 6.45) is 1.27. The van der Waals surface area contributed by atoms with Gasteiger partial charge in [0, 0.05) is 35.7 Å². The molecule has 1 atom stereocenters. The number of benzene rings is 1. The van der Waals surface area contributed by atoms with E-state index in [9.17, 15) is 14.7 Å². The fraction of sp³-hybridized carbons (Fsp3) is 0.529. The molecule has 0 bridgehead atoms. The van der Waals surface area contributed by atoms with E-state index in [1.165, 1.54) is 0 Å². The molecular weight excluding hydrogens is 353 g/mol. The van der Waals surface area contributed by atoms with E-state index in [0.717, 1.165) is 5.56 Å². The van der Waals surface area contributed by atoms with Crippen molar-refractivity contribution < 1.29 is 19.4 Å². The number of hydrogen-bond acceptors (Lipinski definition) is 3. The summed E-state index contributed by atoms with van der Waals surface area (Å²) in [4.78, 5) is 23.9. The first kappa shape index (κ1) is 19.0. The Morgan fingerprint density at radius 3 is 2.58 bits per heavy atom. The van der Waals surface area contributed by atoms with E-state index in [2.05, 4.69) is 5.32 Å². The summed E-state index contributed by atoms with van der Waals surface area (Å²) in [5.74, 6) is -1.40. The molecule has 132 valence electrons. The second-order valence-electron chi connectivity index (χ2n) is 6.26. The number of carboxylic acids is 1. The Morgan fingerprint density at radius 2 is 2.00 bits per heavy atom. The summed E-state index contributed by atoms with van der Waals surface area (Å²) in [5, 5.41) is 13.3. The second-order valence-corrected chi connectivity index (χ2v) is 7.10. The van der Waals surface area contributed by atoms with Crippen molar-refractivity contribution >= 4 is 35.1 Å². The van der Waals surface area contributed by atoms with E-state index < -0.39 is 11.4 Å². The molecule has 1 aliphatic heterocycles. The molecule has 0 aromatic heterocycles. The number of nitrogens with one attached hydrogen (secondary N) is 1. The fourth-order valence-electron chi connectivity index (χ4n) is 2.77. The monoisotopic (exact) mass is 373 g/mol. The molecule has 0 aliphatic carbocycles. The highest BCUT2D eigenvalue weighted by atomic mass is 35.5. The van der Waals surface area contributed by atoms with Crippen molar-refractivity contribution in [3.63, 3.8) is 0 Å². The number of carboxylic acid groups (broad SMARTS) is 1. The lowest BCUT2D eigenvalue weighted by molar-refractivity contribution is -0.154. The van der Waals surface area contributed by atoms with E-state index >= 15 is 0 Å². The minimum absolute atomic E-state index is 0.114. The van der Waals surface area contributed by atoms with Crippen LogP contribution in [-0.4, -0.2) is 36.7 Å². The van der Waals surface area contributed by atoms with Gasteiger partial charge in [0.05, 0.1) is 5.41 Å². The molecule has 0 saturated carbocycles. The van der Waals surface area contributed by atoms with Gasteiger partial charge in [0.15, 0.2) is 0 Å². The molecule has 1 aromatic rings. The Labute approximate surface area is 151 Å². The maximum Gasteiger partial charge on any atom is 0.311 e. The quantitative estimate of drug-likeness (QED) is 0.802. The SMILES string of the molecule is CC(Cc1ccc(Cl)cc1Cl)C(=O)NCC1(C(=O)O)CCOCC1. The molecule has 1 aliphatic rings. The first-order valence-electron chi connectivity index (χ1n) is 7.87. The highest BCUT2D eigenvalue weighted by Gasteiger charge is 2.40. The first-order valence-corrected chi connectivity index (χ1v) is 8.62. The number of rotatable bonds is 6. The van der Waals surface area contributed by atoms with Crippen LogP contribution in [0.25, 0.3) is 0 Å². The minimum atomic E-state index is -0.939. The van der Waals surface area contributed by atoms with Crippen molar-refractivity contribution in [3.8, 4) is 0 Å². The van der Waals surface area contributed by atoms with Gasteiger partial charge in [-0.05, 0) is 37.0 Å². The van der Waals surface area contributed by atoms with Gasteiger partial charge in [-0.1, -0.05) is 36.2 Å². The second kappa shape index (κ2) is 8.19. The van der Waals surface area contributed by atoms with Gasteiger partial charge in [0.2, 0.25) is 5.91 Å². The van der Waals surface area contributed by atoms with Crippen LogP contribution in [0.3, 0.4) is 0 Å². The molecule has 1 fully saturated rings. The fourth-order valence-corrected chi connectivity index (χ4v) is 3.25. The number of amides is 1. The molecule has 5 nitrogen and oxygen atoms in total. The van der Waals surface area contributed by atoms with Gasteiger partial charge < -0.3 is 15.2 Å². The minimum Gasteiger partial charge on any atom is -0.481 e. The molecular formula is C17H21Cl2NO4. The third-order valence-electron chi connectivity index (χ3n) is 4.49. The van der Waals surface area contributed by atoms with Crippen molar-refractivity contribution in [2.24, 2.45) is 11.3 Å². The number of ether oxygens (including phenoxy) is 1. The lowest BCUT2D eigenvalue weighted by Gasteiger charge is -2.33. The van der Waals surface area contributed by atoms with Crippen molar-refractivity contribution in [3.05, 3.63) is 33.8 Å². The van der Waals surface area contributed by atoms with Crippen LogP contribution >= 0.6 is 23.2 Å². The molecule has 0 radical (unpaired) electrons. The lowest BCUT2D eigenvalue weighted by Crippen LogP contribution is -2.47. The molecule has 2 rings (SSSR count). The molecule has 1 saturated heterocycles. The van der Waals surface area contributed by atoms with E-state index in [1.807, 2.05) is 0 Å². The van der Waals surface area contributed by atoms with Crippen LogP contribution in [0, 0.1) is 11.3 Å². The smallest absolute Gasteiger partial charge is 0.311 e. The maximum atomic E-state index is 12.3. The summed E-state index contributed by atoms with van der Waals surface area (Å²) in [5.41, 5.74) is -0.103. The van der Waals surface area contributed by atoms with Crippen LogP contribution in [0.4, 0.5) is 0 Å². The zero-order valence-electron chi connectivity index (χ0n) is 13.5. The molecule has 7 heteroatoms. The van der Waals surface area contributed by atoms with Crippen LogP contribution in [0.5, 0.6) is 0 Å². The van der Waals surface area contributed by atoms with Crippen molar-refractivity contribution in [2.75, 3.05) is 19.8 Å². The van der Waals surface area contributed by atoms with Crippen LogP contribution in [0.2, 0.25) is 10.0 Å². The Hall–Kier alpha value is -1.30. The molecule has 1 unspecified atom stereocenters. The number of hydrogen-bond donors (Lipinski definition) is 2. The summed E-state index contributed by atoms with van der Waals surface area (Å²) < 4.78 is 5.23. The summed E-state index contributed by atoms with van der Waals surface area (Å²) in [6.45, 7) is 2.71. The first-order chi connectivity index (χ1) is 11.3. The van der Waals surface area contributed by atoms with Crippen LogP contribution < -0.4 is 5.32 Å². The highest BCUT2D eigenvalue weighted by Crippen LogP contribution is 2.30. The molecule has 1 aromatic carbocycles. The van der Waals surface area contributed by atoms with Crippen LogP contribution in [0.15, 0.2) is 18.2 Å². The summed E-state index contributed by atoms with van der Waals surface area (Å²) in [6, 6.07) is 5.17. The van der Waals surface area contributed by atoms with Crippen molar-refractivity contribution in [1.82, 2.24) is 5.32 Å². The number of halogens is 2. The number of carbonyl (C=O) groups is 2. The Morgan fingerprint density at radius 1 is 1.33 bits per heavy atom. The van der Waals surface area contributed by atoms with Gasteiger partial charge in [-0.25, -0.2) is 0 Å². The molecule has 2 N–H and O–H groups in total. The maximum absolute atomic E-state index is 12.3. The molecule has 0 spiro atoms. The zero-order valence-corrected chi connectivity index (χ0v) is 15.0.